The first-order valence-corrected chi connectivity index (χ1v) is 11.0. The van der Waals surface area contributed by atoms with Crippen molar-refractivity contribution >= 4 is 28.6 Å². The Morgan fingerprint density at radius 2 is 1.67 bits per heavy atom. The number of carbonyl (C=O) groups is 1. The average molecular weight is 400 g/mol. The predicted molar refractivity (Wildman–Crippen MR) is 124 cm³/mol. The standard InChI is InChI=1S/C26H29N3O/c1-18-10-12-20(13-11-18)27-23-22-9-7-8-21-19(17-28-14-5-4-6-15-28)16-26(2,3)29(24(21)22)25(23)30/h7-13,16H,4-6,14-15,17H2,1-3H3. The molecule has 4 nitrogen and oxygen atoms in total. The zero-order chi connectivity index (χ0) is 20.9. The van der Waals surface area contributed by atoms with Crippen molar-refractivity contribution in [1.29, 1.82) is 0 Å². The summed E-state index contributed by atoms with van der Waals surface area (Å²) in [4.78, 5) is 22.8. The molecule has 2 aromatic rings. The lowest BCUT2D eigenvalue weighted by Gasteiger charge is -2.40. The van der Waals surface area contributed by atoms with Crippen molar-refractivity contribution in [1.82, 2.24) is 4.90 Å². The number of aliphatic imine (C=N–C) groups is 1. The van der Waals surface area contributed by atoms with Crippen LogP contribution in [0.15, 0.2) is 53.5 Å². The summed E-state index contributed by atoms with van der Waals surface area (Å²) in [5.41, 5.74) is 6.68. The fourth-order valence-electron chi connectivity index (χ4n) is 5.02. The quantitative estimate of drug-likeness (QED) is 0.718. The molecule has 5 rings (SSSR count). The molecule has 1 amide bonds. The lowest BCUT2D eigenvalue weighted by atomic mass is 9.88. The predicted octanol–water partition coefficient (Wildman–Crippen LogP) is 5.12. The number of carbonyl (C=O) groups excluding carboxylic acids is 1. The van der Waals surface area contributed by atoms with Crippen molar-refractivity contribution in [3.63, 3.8) is 0 Å². The summed E-state index contributed by atoms with van der Waals surface area (Å²) in [7, 11) is 0. The highest BCUT2D eigenvalue weighted by Crippen LogP contribution is 2.46. The monoisotopic (exact) mass is 399 g/mol. The molecule has 1 fully saturated rings. The highest BCUT2D eigenvalue weighted by Gasteiger charge is 2.45. The number of piperidine rings is 1. The molecule has 3 heterocycles. The molecule has 0 spiro atoms. The summed E-state index contributed by atoms with van der Waals surface area (Å²) >= 11 is 0. The van der Waals surface area contributed by atoms with Gasteiger partial charge < -0.3 is 0 Å². The minimum Gasteiger partial charge on any atom is -0.299 e. The number of likely N-dealkylation sites (tertiary alicyclic amines) is 1. The molecule has 0 radical (unpaired) electrons. The number of para-hydroxylation sites is 1. The molecule has 0 bridgehead atoms. The van der Waals surface area contributed by atoms with Crippen LogP contribution in [-0.4, -0.2) is 41.7 Å². The molecule has 0 unspecified atom stereocenters. The largest absolute Gasteiger partial charge is 0.299 e. The van der Waals surface area contributed by atoms with Crippen LogP contribution < -0.4 is 4.90 Å². The molecule has 0 saturated carbocycles. The number of rotatable bonds is 3. The highest BCUT2D eigenvalue weighted by atomic mass is 16.2. The Kier molecular flexibility index (Phi) is 4.62. The third kappa shape index (κ3) is 3.20. The maximum absolute atomic E-state index is 13.5. The highest BCUT2D eigenvalue weighted by molar-refractivity contribution is 6.55. The second-order valence-corrected chi connectivity index (χ2v) is 9.30. The number of anilines is 1. The number of amides is 1. The molecule has 0 atom stereocenters. The van der Waals surface area contributed by atoms with Crippen LogP contribution in [0.4, 0.5) is 11.4 Å². The minimum atomic E-state index is -0.379. The summed E-state index contributed by atoms with van der Waals surface area (Å²) < 4.78 is 0. The molecule has 1 saturated heterocycles. The summed E-state index contributed by atoms with van der Waals surface area (Å²) in [5, 5.41) is 0. The maximum Gasteiger partial charge on any atom is 0.278 e. The van der Waals surface area contributed by atoms with Gasteiger partial charge in [-0.15, -0.1) is 0 Å². The van der Waals surface area contributed by atoms with Gasteiger partial charge in [0.15, 0.2) is 0 Å². The van der Waals surface area contributed by atoms with Gasteiger partial charge in [-0.25, -0.2) is 4.99 Å². The van der Waals surface area contributed by atoms with Crippen LogP contribution in [0.1, 0.15) is 49.8 Å². The Balaban J connectivity index is 1.59. The van der Waals surface area contributed by atoms with E-state index in [1.54, 1.807) is 0 Å². The molecular weight excluding hydrogens is 370 g/mol. The van der Waals surface area contributed by atoms with Crippen LogP contribution in [0.5, 0.6) is 0 Å². The Labute approximate surface area is 178 Å². The van der Waals surface area contributed by atoms with Crippen molar-refractivity contribution < 1.29 is 4.79 Å². The number of hydrogen-bond donors (Lipinski definition) is 0. The fraction of sp³-hybridized carbons (Fsp3) is 0.385. The molecule has 3 aliphatic heterocycles. The van der Waals surface area contributed by atoms with Crippen LogP contribution in [-0.2, 0) is 4.79 Å². The third-order valence-electron chi connectivity index (χ3n) is 6.49. The van der Waals surface area contributed by atoms with E-state index in [2.05, 4.69) is 43.9 Å². The number of nitrogens with zero attached hydrogens (tertiary/aromatic N) is 3. The summed E-state index contributed by atoms with van der Waals surface area (Å²) in [6.07, 6.45) is 6.19. The van der Waals surface area contributed by atoms with Gasteiger partial charge in [0, 0.05) is 17.7 Å². The van der Waals surface area contributed by atoms with Crippen molar-refractivity contribution in [3.05, 3.63) is 65.2 Å². The Bertz CT molecular complexity index is 1060. The normalized spacial score (nSPS) is 21.7. The first kappa shape index (κ1) is 19.3. The molecule has 4 heteroatoms. The van der Waals surface area contributed by atoms with E-state index in [0.29, 0.717) is 5.71 Å². The van der Waals surface area contributed by atoms with E-state index >= 15 is 0 Å². The number of benzene rings is 2. The lowest BCUT2D eigenvalue weighted by molar-refractivity contribution is -0.112. The summed E-state index contributed by atoms with van der Waals surface area (Å²) in [6.45, 7) is 9.60. The van der Waals surface area contributed by atoms with E-state index in [9.17, 15) is 4.79 Å². The molecule has 0 N–H and O–H groups in total. The zero-order valence-electron chi connectivity index (χ0n) is 18.1. The Hall–Kier alpha value is -2.72. The molecule has 0 aromatic heterocycles. The van der Waals surface area contributed by atoms with Gasteiger partial charge in [-0.3, -0.25) is 14.6 Å². The number of hydrogen-bond acceptors (Lipinski definition) is 3. The SMILES string of the molecule is Cc1ccc(N=C2C(=O)N3c4c(cccc42)C(CN2CCCCC2)=CC3(C)C)cc1. The van der Waals surface area contributed by atoms with Gasteiger partial charge in [0.05, 0.1) is 16.9 Å². The fourth-order valence-corrected chi connectivity index (χ4v) is 5.02. The molecule has 3 aliphatic rings. The molecule has 2 aromatic carbocycles. The van der Waals surface area contributed by atoms with Crippen LogP contribution in [0.3, 0.4) is 0 Å². The second kappa shape index (κ2) is 7.21. The Morgan fingerprint density at radius 3 is 2.40 bits per heavy atom. The number of aryl methyl sites for hydroxylation is 1. The van der Waals surface area contributed by atoms with Crippen molar-refractivity contribution in [2.45, 2.75) is 45.6 Å². The van der Waals surface area contributed by atoms with Gasteiger partial charge in [0.2, 0.25) is 0 Å². The van der Waals surface area contributed by atoms with Gasteiger partial charge >= 0.3 is 0 Å². The molecule has 0 aliphatic carbocycles. The minimum absolute atomic E-state index is 0.00343. The van der Waals surface area contributed by atoms with Crippen LogP contribution in [0, 0.1) is 6.92 Å². The van der Waals surface area contributed by atoms with E-state index in [1.807, 2.05) is 35.2 Å². The smallest absolute Gasteiger partial charge is 0.278 e. The molecule has 154 valence electrons. The van der Waals surface area contributed by atoms with Crippen LogP contribution >= 0.6 is 0 Å². The van der Waals surface area contributed by atoms with E-state index in [4.69, 9.17) is 4.99 Å². The van der Waals surface area contributed by atoms with Crippen molar-refractivity contribution in [2.24, 2.45) is 4.99 Å². The first-order chi connectivity index (χ1) is 14.4. The van der Waals surface area contributed by atoms with E-state index in [1.165, 1.54) is 36.0 Å². The third-order valence-corrected chi connectivity index (χ3v) is 6.49. The van der Waals surface area contributed by atoms with Crippen molar-refractivity contribution in [2.75, 3.05) is 24.5 Å². The van der Waals surface area contributed by atoms with Gasteiger partial charge in [-0.2, -0.15) is 0 Å². The van der Waals surface area contributed by atoms with E-state index < -0.39 is 0 Å². The van der Waals surface area contributed by atoms with Gasteiger partial charge in [0.25, 0.3) is 5.91 Å². The first-order valence-electron chi connectivity index (χ1n) is 11.0. The Morgan fingerprint density at radius 1 is 0.967 bits per heavy atom. The lowest BCUT2D eigenvalue weighted by Crippen LogP contribution is -2.48. The van der Waals surface area contributed by atoms with E-state index in [0.717, 1.165) is 36.6 Å². The molecular formula is C26H29N3O. The topological polar surface area (TPSA) is 35.9 Å². The second-order valence-electron chi connectivity index (χ2n) is 9.30. The van der Waals surface area contributed by atoms with Gasteiger partial charge in [0.1, 0.15) is 5.71 Å². The van der Waals surface area contributed by atoms with Crippen LogP contribution in [0.2, 0.25) is 0 Å². The van der Waals surface area contributed by atoms with Gasteiger partial charge in [-0.1, -0.05) is 48.4 Å². The summed E-state index contributed by atoms with van der Waals surface area (Å²) in [5.74, 6) is -0.00343. The zero-order valence-corrected chi connectivity index (χ0v) is 18.1. The average Bonchev–Trinajstić information content (AvgIpc) is 3.02. The van der Waals surface area contributed by atoms with Gasteiger partial charge in [-0.05, 0) is 64.4 Å². The molecule has 30 heavy (non-hydrogen) atoms. The van der Waals surface area contributed by atoms with E-state index in [-0.39, 0.29) is 11.4 Å². The summed E-state index contributed by atoms with van der Waals surface area (Å²) in [6, 6.07) is 14.3. The van der Waals surface area contributed by atoms with Crippen LogP contribution in [0.25, 0.3) is 5.57 Å². The van der Waals surface area contributed by atoms with Crippen molar-refractivity contribution in [3.8, 4) is 0 Å². The maximum atomic E-state index is 13.5.